The van der Waals surface area contributed by atoms with Crippen LogP contribution in [0.25, 0.3) is 0 Å². The van der Waals surface area contributed by atoms with Gasteiger partial charge in [0, 0.05) is 7.11 Å². The molecule has 0 amide bonds. The highest BCUT2D eigenvalue weighted by Crippen LogP contribution is 2.58. The third kappa shape index (κ3) is 1.33. The van der Waals surface area contributed by atoms with Crippen molar-refractivity contribution >= 4 is 0 Å². The Bertz CT molecular complexity index is 450. The number of nitrogens with zero attached hydrogens (tertiary/aromatic N) is 1. The largest absolute Gasteiger partial charge is 0.494 e. The van der Waals surface area contributed by atoms with Crippen molar-refractivity contribution in [3.63, 3.8) is 0 Å². The van der Waals surface area contributed by atoms with Gasteiger partial charge in [-0.05, 0) is 19.8 Å². The molecule has 6 heteroatoms. The third-order valence-electron chi connectivity index (χ3n) is 3.95. The molecule has 3 heterocycles. The molecule has 1 fully saturated rings. The summed E-state index contributed by atoms with van der Waals surface area (Å²) in [6, 6.07) is 0. The van der Waals surface area contributed by atoms with E-state index in [1.807, 2.05) is 0 Å². The van der Waals surface area contributed by atoms with E-state index in [0.29, 0.717) is 11.1 Å². The van der Waals surface area contributed by atoms with Crippen LogP contribution >= 0.6 is 0 Å². The van der Waals surface area contributed by atoms with Crippen LogP contribution < -0.4 is 0 Å². The van der Waals surface area contributed by atoms with Crippen LogP contribution in [0.1, 0.15) is 49.3 Å². The number of methoxy groups -OCH3 is 1. The van der Waals surface area contributed by atoms with Crippen LogP contribution in [0.15, 0.2) is 0 Å². The van der Waals surface area contributed by atoms with Gasteiger partial charge in [-0.2, -0.15) is 0 Å². The molecule has 0 spiro atoms. The molecule has 4 unspecified atom stereocenters. The Kier molecular flexibility index (Phi) is 2.55. The molecule has 0 radical (unpaired) electrons. The summed E-state index contributed by atoms with van der Waals surface area (Å²) in [5.41, 5.74) is 1.23. The third-order valence-corrected chi connectivity index (χ3v) is 3.95. The van der Waals surface area contributed by atoms with E-state index >= 15 is 0 Å². The van der Waals surface area contributed by atoms with Gasteiger partial charge in [-0.25, -0.2) is 0 Å². The van der Waals surface area contributed by atoms with Crippen LogP contribution in [0.3, 0.4) is 0 Å². The first-order chi connectivity index (χ1) is 8.56. The van der Waals surface area contributed by atoms with E-state index in [1.54, 1.807) is 6.92 Å². The van der Waals surface area contributed by atoms with Gasteiger partial charge in [0.15, 0.2) is 6.23 Å². The number of aliphatic hydroxyl groups is 1. The van der Waals surface area contributed by atoms with Crippen LogP contribution in [0.4, 0.5) is 0 Å². The highest BCUT2D eigenvalue weighted by molar-refractivity contribution is 5.52. The summed E-state index contributed by atoms with van der Waals surface area (Å²) in [4.78, 5) is 0. The summed E-state index contributed by atoms with van der Waals surface area (Å²) in [5, 5.41) is 30.4. The number of ether oxygens (including phenoxy) is 2. The van der Waals surface area contributed by atoms with E-state index in [9.17, 15) is 15.3 Å². The van der Waals surface area contributed by atoms with E-state index in [1.165, 1.54) is 7.11 Å². The van der Waals surface area contributed by atoms with Crippen molar-refractivity contribution in [3.8, 4) is 11.8 Å². The van der Waals surface area contributed by atoms with Crippen molar-refractivity contribution in [2.24, 2.45) is 0 Å². The zero-order valence-corrected chi connectivity index (χ0v) is 10.3. The molecule has 1 aromatic rings. The summed E-state index contributed by atoms with van der Waals surface area (Å²) in [5.74, 6) is -0.239. The van der Waals surface area contributed by atoms with Crippen LogP contribution in [-0.2, 0) is 9.47 Å². The average molecular weight is 255 g/mol. The molecule has 3 N–H and O–H groups in total. The molecule has 4 atom stereocenters. The highest BCUT2D eigenvalue weighted by atomic mass is 16.5. The maximum atomic E-state index is 10.2. The van der Waals surface area contributed by atoms with Crippen molar-refractivity contribution in [1.82, 2.24) is 4.57 Å². The number of rotatable bonds is 3. The molecule has 0 aliphatic carbocycles. The first-order valence-electron chi connectivity index (χ1n) is 6.08. The van der Waals surface area contributed by atoms with Gasteiger partial charge in [-0.15, -0.1) is 0 Å². The van der Waals surface area contributed by atoms with Gasteiger partial charge in [0.2, 0.25) is 11.8 Å². The number of aromatic hydroxyl groups is 2. The Morgan fingerprint density at radius 2 is 1.72 bits per heavy atom. The van der Waals surface area contributed by atoms with E-state index in [2.05, 4.69) is 0 Å². The van der Waals surface area contributed by atoms with E-state index < -0.39 is 12.3 Å². The lowest BCUT2D eigenvalue weighted by Crippen LogP contribution is -2.22. The highest BCUT2D eigenvalue weighted by Gasteiger charge is 2.46. The van der Waals surface area contributed by atoms with Gasteiger partial charge in [0.1, 0.15) is 0 Å². The molecule has 2 aliphatic heterocycles. The molecule has 2 bridgehead atoms. The number of aromatic nitrogens is 1. The minimum absolute atomic E-state index is 0.119. The summed E-state index contributed by atoms with van der Waals surface area (Å²) < 4.78 is 11.8. The van der Waals surface area contributed by atoms with Crippen molar-refractivity contribution < 1.29 is 24.8 Å². The van der Waals surface area contributed by atoms with Crippen molar-refractivity contribution in [2.45, 2.75) is 44.3 Å². The fourth-order valence-electron chi connectivity index (χ4n) is 2.88. The summed E-state index contributed by atoms with van der Waals surface area (Å²) in [6.45, 7) is 1.67. The van der Waals surface area contributed by atoms with Gasteiger partial charge in [0.05, 0.1) is 29.4 Å². The van der Waals surface area contributed by atoms with E-state index in [4.69, 9.17) is 9.47 Å². The summed E-state index contributed by atoms with van der Waals surface area (Å²) in [6.07, 6.45) is -0.313. The van der Waals surface area contributed by atoms with Gasteiger partial charge < -0.3 is 24.8 Å². The lowest BCUT2D eigenvalue weighted by Gasteiger charge is -2.21. The van der Waals surface area contributed by atoms with E-state index in [0.717, 1.165) is 17.4 Å². The smallest absolute Gasteiger partial charge is 0.202 e. The fourth-order valence-corrected chi connectivity index (χ4v) is 2.88. The predicted molar refractivity (Wildman–Crippen MR) is 61.3 cm³/mol. The van der Waals surface area contributed by atoms with Gasteiger partial charge in [-0.3, -0.25) is 4.57 Å². The van der Waals surface area contributed by atoms with Gasteiger partial charge in [0.25, 0.3) is 0 Å². The zero-order chi connectivity index (χ0) is 13.0. The average Bonchev–Trinajstić information content (AvgIpc) is 3.02. The molecule has 1 aromatic heterocycles. The number of aliphatic hydroxyl groups excluding tert-OH is 1. The first kappa shape index (κ1) is 11.8. The molecule has 100 valence electrons. The van der Waals surface area contributed by atoms with Gasteiger partial charge in [-0.1, -0.05) is 0 Å². The second kappa shape index (κ2) is 3.88. The normalized spacial score (nSPS) is 28.4. The number of hydrogen-bond acceptors (Lipinski definition) is 5. The molecule has 6 nitrogen and oxygen atoms in total. The Morgan fingerprint density at radius 1 is 1.22 bits per heavy atom. The SMILES string of the molecule is COC(C)C(O)n1c(O)c2c(c1O)C1CCC2O1. The number of hydrogen-bond donors (Lipinski definition) is 3. The lowest BCUT2D eigenvalue weighted by atomic mass is 9.95. The fraction of sp³-hybridized carbons (Fsp3) is 0.667. The molecular weight excluding hydrogens is 238 g/mol. The number of fused-ring (bicyclic) bond motifs is 5. The molecule has 0 aromatic carbocycles. The second-order valence-corrected chi connectivity index (χ2v) is 4.89. The van der Waals surface area contributed by atoms with Crippen LogP contribution in [0.2, 0.25) is 0 Å². The minimum atomic E-state index is -1.13. The van der Waals surface area contributed by atoms with Crippen LogP contribution in [0.5, 0.6) is 11.8 Å². The second-order valence-electron chi connectivity index (χ2n) is 4.89. The minimum Gasteiger partial charge on any atom is -0.494 e. The maximum Gasteiger partial charge on any atom is 0.202 e. The zero-order valence-electron chi connectivity index (χ0n) is 10.3. The molecule has 0 saturated carbocycles. The van der Waals surface area contributed by atoms with Crippen LogP contribution in [-0.4, -0.2) is 33.1 Å². The van der Waals surface area contributed by atoms with Crippen LogP contribution in [0, 0.1) is 0 Å². The summed E-state index contributed by atoms with van der Waals surface area (Å²) >= 11 is 0. The Hall–Kier alpha value is -1.24. The van der Waals surface area contributed by atoms with E-state index in [-0.39, 0.29) is 24.0 Å². The topological polar surface area (TPSA) is 84.1 Å². The molecule has 18 heavy (non-hydrogen) atoms. The Balaban J connectivity index is 2.08. The standard InChI is InChI=1S/C12H17NO5/c1-5(17-2)10(14)13-11(15)8-6-3-4-7(18-6)9(8)12(13)16/h5-7,10,14-16H,3-4H2,1-2H3. The first-order valence-corrected chi connectivity index (χ1v) is 6.08. The monoisotopic (exact) mass is 255 g/mol. The Morgan fingerprint density at radius 3 is 2.17 bits per heavy atom. The molecule has 1 saturated heterocycles. The van der Waals surface area contributed by atoms with Crippen molar-refractivity contribution in [1.29, 1.82) is 0 Å². The molecular formula is C12H17NO5. The Labute approximate surface area is 104 Å². The van der Waals surface area contributed by atoms with Gasteiger partial charge >= 0.3 is 0 Å². The van der Waals surface area contributed by atoms with Crippen molar-refractivity contribution in [2.75, 3.05) is 7.11 Å². The van der Waals surface area contributed by atoms with Crippen molar-refractivity contribution in [3.05, 3.63) is 11.1 Å². The predicted octanol–water partition coefficient (Wildman–Crippen LogP) is 1.33. The molecule has 2 aliphatic rings. The lowest BCUT2D eigenvalue weighted by molar-refractivity contribution is -0.0489. The summed E-state index contributed by atoms with van der Waals surface area (Å²) in [7, 11) is 1.46. The maximum absolute atomic E-state index is 10.2. The quantitative estimate of drug-likeness (QED) is 0.759. The molecule has 3 rings (SSSR count).